The van der Waals surface area contributed by atoms with Crippen LogP contribution in [-0.2, 0) is 0 Å². The number of hydrogen-bond donors (Lipinski definition) is 1. The molecule has 0 aliphatic rings. The zero-order valence-electron chi connectivity index (χ0n) is 7.06. The summed E-state index contributed by atoms with van der Waals surface area (Å²) in [6.07, 6.45) is 3.05. The standard InChI is InChI=1S/C8H8N4O/c1-5(13)6-4-10-7-2-3-11-12(7)8(6)9/h2-4H,9H2,1H3. The summed E-state index contributed by atoms with van der Waals surface area (Å²) in [5, 5.41) is 3.94. The van der Waals surface area contributed by atoms with Crippen LogP contribution in [0.2, 0.25) is 0 Å². The van der Waals surface area contributed by atoms with Gasteiger partial charge in [0, 0.05) is 12.3 Å². The molecule has 0 bridgehead atoms. The van der Waals surface area contributed by atoms with Crippen LogP contribution < -0.4 is 5.73 Å². The third-order valence-electron chi connectivity index (χ3n) is 1.83. The first-order valence-corrected chi connectivity index (χ1v) is 3.79. The maximum atomic E-state index is 11.1. The molecular formula is C8H8N4O. The lowest BCUT2D eigenvalue weighted by atomic mass is 10.2. The highest BCUT2D eigenvalue weighted by molar-refractivity contribution is 5.98. The van der Waals surface area contributed by atoms with E-state index in [2.05, 4.69) is 10.1 Å². The van der Waals surface area contributed by atoms with E-state index < -0.39 is 0 Å². The van der Waals surface area contributed by atoms with Crippen molar-refractivity contribution in [2.75, 3.05) is 5.73 Å². The SMILES string of the molecule is CC(=O)c1cnc2ccnn2c1N. The molecule has 0 fully saturated rings. The number of nitrogen functional groups attached to an aromatic ring is 1. The Morgan fingerprint density at radius 2 is 2.38 bits per heavy atom. The van der Waals surface area contributed by atoms with E-state index in [0.717, 1.165) is 0 Å². The highest BCUT2D eigenvalue weighted by atomic mass is 16.1. The van der Waals surface area contributed by atoms with Crippen molar-refractivity contribution in [1.82, 2.24) is 14.6 Å². The largest absolute Gasteiger partial charge is 0.383 e. The summed E-state index contributed by atoms with van der Waals surface area (Å²) in [6.45, 7) is 1.45. The zero-order chi connectivity index (χ0) is 9.42. The summed E-state index contributed by atoms with van der Waals surface area (Å²) in [7, 11) is 0. The van der Waals surface area contributed by atoms with E-state index >= 15 is 0 Å². The highest BCUT2D eigenvalue weighted by Crippen LogP contribution is 2.11. The van der Waals surface area contributed by atoms with Gasteiger partial charge in [-0.25, -0.2) is 4.98 Å². The molecule has 0 saturated carbocycles. The van der Waals surface area contributed by atoms with Crippen LogP contribution in [-0.4, -0.2) is 20.4 Å². The number of rotatable bonds is 1. The van der Waals surface area contributed by atoms with E-state index in [-0.39, 0.29) is 5.78 Å². The average molecular weight is 176 g/mol. The van der Waals surface area contributed by atoms with E-state index in [1.54, 1.807) is 12.3 Å². The van der Waals surface area contributed by atoms with Crippen molar-refractivity contribution in [1.29, 1.82) is 0 Å². The summed E-state index contributed by atoms with van der Waals surface area (Å²) < 4.78 is 1.44. The molecule has 5 nitrogen and oxygen atoms in total. The number of fused-ring (bicyclic) bond motifs is 1. The summed E-state index contributed by atoms with van der Waals surface area (Å²) in [5.41, 5.74) is 6.74. The van der Waals surface area contributed by atoms with Gasteiger partial charge in [-0.1, -0.05) is 0 Å². The lowest BCUT2D eigenvalue weighted by Gasteiger charge is -2.02. The maximum absolute atomic E-state index is 11.1. The molecule has 2 aromatic heterocycles. The Bertz CT molecular complexity index is 474. The van der Waals surface area contributed by atoms with Crippen LogP contribution in [0, 0.1) is 0 Å². The third kappa shape index (κ3) is 1.05. The van der Waals surface area contributed by atoms with Crippen molar-refractivity contribution < 1.29 is 4.79 Å². The van der Waals surface area contributed by atoms with Crippen LogP contribution in [0.4, 0.5) is 5.82 Å². The van der Waals surface area contributed by atoms with Gasteiger partial charge in [-0.2, -0.15) is 9.61 Å². The minimum absolute atomic E-state index is 0.109. The van der Waals surface area contributed by atoms with Crippen LogP contribution in [0.3, 0.4) is 0 Å². The van der Waals surface area contributed by atoms with Gasteiger partial charge in [0.05, 0.1) is 11.8 Å². The van der Waals surface area contributed by atoms with Gasteiger partial charge >= 0.3 is 0 Å². The predicted molar refractivity (Wildman–Crippen MR) is 47.4 cm³/mol. The Hall–Kier alpha value is -1.91. The van der Waals surface area contributed by atoms with E-state index in [9.17, 15) is 4.79 Å². The van der Waals surface area contributed by atoms with Gasteiger partial charge in [0.25, 0.3) is 0 Å². The molecular weight excluding hydrogens is 168 g/mol. The molecule has 0 aliphatic heterocycles. The number of aromatic nitrogens is 3. The van der Waals surface area contributed by atoms with Gasteiger partial charge in [0.2, 0.25) is 0 Å². The fraction of sp³-hybridized carbons (Fsp3) is 0.125. The molecule has 0 saturated heterocycles. The summed E-state index contributed by atoms with van der Waals surface area (Å²) in [6, 6.07) is 1.72. The fourth-order valence-electron chi connectivity index (χ4n) is 1.16. The van der Waals surface area contributed by atoms with Crippen LogP contribution >= 0.6 is 0 Å². The van der Waals surface area contributed by atoms with Crippen LogP contribution in [0.25, 0.3) is 5.65 Å². The topological polar surface area (TPSA) is 73.3 Å². The summed E-state index contributed by atoms with van der Waals surface area (Å²) >= 11 is 0. The third-order valence-corrected chi connectivity index (χ3v) is 1.83. The molecule has 66 valence electrons. The Kier molecular flexibility index (Phi) is 1.51. The summed E-state index contributed by atoms with van der Waals surface area (Å²) in [4.78, 5) is 15.1. The Balaban J connectivity index is 2.80. The quantitative estimate of drug-likeness (QED) is 0.642. The number of ketones is 1. The smallest absolute Gasteiger partial charge is 0.165 e. The molecule has 2 rings (SSSR count). The zero-order valence-corrected chi connectivity index (χ0v) is 7.06. The van der Waals surface area contributed by atoms with Gasteiger partial charge in [-0.05, 0) is 6.92 Å². The van der Waals surface area contributed by atoms with Crippen molar-refractivity contribution in [3.8, 4) is 0 Å². The van der Waals surface area contributed by atoms with Crippen molar-refractivity contribution in [2.24, 2.45) is 0 Å². The molecule has 2 aromatic rings. The minimum atomic E-state index is -0.109. The van der Waals surface area contributed by atoms with Crippen LogP contribution in [0.15, 0.2) is 18.5 Å². The summed E-state index contributed by atoms with van der Waals surface area (Å²) in [5.74, 6) is 0.227. The molecule has 2 heterocycles. The second-order valence-corrected chi connectivity index (χ2v) is 2.71. The first-order chi connectivity index (χ1) is 6.20. The van der Waals surface area contributed by atoms with Crippen LogP contribution in [0.5, 0.6) is 0 Å². The van der Waals surface area contributed by atoms with E-state index in [1.165, 1.54) is 17.6 Å². The highest BCUT2D eigenvalue weighted by Gasteiger charge is 2.08. The molecule has 0 amide bonds. The molecule has 0 radical (unpaired) electrons. The van der Waals surface area contributed by atoms with Gasteiger partial charge in [0.1, 0.15) is 5.82 Å². The second kappa shape index (κ2) is 2.55. The average Bonchev–Trinajstić information content (AvgIpc) is 2.52. The first-order valence-electron chi connectivity index (χ1n) is 3.79. The van der Waals surface area contributed by atoms with Crippen molar-refractivity contribution in [2.45, 2.75) is 6.92 Å². The Morgan fingerprint density at radius 1 is 1.62 bits per heavy atom. The first kappa shape index (κ1) is 7.72. The maximum Gasteiger partial charge on any atom is 0.165 e. The number of anilines is 1. The number of nitrogens with zero attached hydrogens (tertiary/aromatic N) is 3. The molecule has 5 heteroatoms. The lowest BCUT2D eigenvalue weighted by Crippen LogP contribution is -2.07. The number of hydrogen-bond acceptors (Lipinski definition) is 4. The molecule has 2 N–H and O–H groups in total. The van der Waals surface area contributed by atoms with Gasteiger partial charge in [-0.15, -0.1) is 0 Å². The minimum Gasteiger partial charge on any atom is -0.383 e. The normalized spacial score (nSPS) is 10.5. The molecule has 0 spiro atoms. The monoisotopic (exact) mass is 176 g/mol. The fourth-order valence-corrected chi connectivity index (χ4v) is 1.16. The molecule has 0 aliphatic carbocycles. The van der Waals surface area contributed by atoms with E-state index in [1.807, 2.05) is 0 Å². The number of carbonyl (C=O) groups excluding carboxylic acids is 1. The molecule has 0 unspecified atom stereocenters. The van der Waals surface area contributed by atoms with Gasteiger partial charge < -0.3 is 5.73 Å². The van der Waals surface area contributed by atoms with E-state index in [4.69, 9.17) is 5.73 Å². The number of nitrogens with two attached hydrogens (primary N) is 1. The number of carbonyl (C=O) groups is 1. The van der Waals surface area contributed by atoms with Crippen molar-refractivity contribution in [3.63, 3.8) is 0 Å². The van der Waals surface area contributed by atoms with Gasteiger partial charge in [0.15, 0.2) is 11.4 Å². The molecule has 0 aromatic carbocycles. The predicted octanol–water partition coefficient (Wildman–Crippen LogP) is 0.514. The van der Waals surface area contributed by atoms with Crippen molar-refractivity contribution >= 4 is 17.2 Å². The van der Waals surface area contributed by atoms with Crippen LogP contribution in [0.1, 0.15) is 17.3 Å². The molecule has 0 atom stereocenters. The Labute approximate surface area is 74.2 Å². The number of Topliss-reactive ketones (excluding diaryl/α,β-unsaturated/α-hetero) is 1. The van der Waals surface area contributed by atoms with Gasteiger partial charge in [-0.3, -0.25) is 4.79 Å². The lowest BCUT2D eigenvalue weighted by molar-refractivity contribution is 0.101. The van der Waals surface area contributed by atoms with E-state index in [0.29, 0.717) is 17.0 Å². The Morgan fingerprint density at radius 3 is 3.08 bits per heavy atom. The van der Waals surface area contributed by atoms with Crippen molar-refractivity contribution in [3.05, 3.63) is 24.0 Å². The molecule has 13 heavy (non-hydrogen) atoms. The second-order valence-electron chi connectivity index (χ2n) is 2.71.